The van der Waals surface area contributed by atoms with Gasteiger partial charge >= 0.3 is 0 Å². The molecule has 21 heavy (non-hydrogen) atoms. The molecule has 0 aromatic heterocycles. The molecule has 0 aliphatic heterocycles. The monoisotopic (exact) mass is 329 g/mol. The highest BCUT2D eigenvalue weighted by molar-refractivity contribution is 7.99. The van der Waals surface area contributed by atoms with Gasteiger partial charge in [0, 0.05) is 11.3 Å². The van der Waals surface area contributed by atoms with E-state index in [0.29, 0.717) is 17.0 Å². The van der Waals surface area contributed by atoms with Crippen LogP contribution in [-0.2, 0) is 10.0 Å². The van der Waals surface area contributed by atoms with Crippen molar-refractivity contribution in [2.45, 2.75) is 42.4 Å². The zero-order valence-electron chi connectivity index (χ0n) is 12.4. The van der Waals surface area contributed by atoms with E-state index in [9.17, 15) is 8.42 Å². The standard InChI is InChI=1S/C14H23N3O2S2/c1-3-20-14-6-4-5-13(14)17-12-8-7-10(9-11(12)15)21(18,19)16-2/h7-9,13-14,16-17H,3-6,15H2,1-2H3. The average molecular weight is 329 g/mol. The number of hydrogen-bond donors (Lipinski definition) is 3. The van der Waals surface area contributed by atoms with Gasteiger partial charge in [0.15, 0.2) is 0 Å². The van der Waals surface area contributed by atoms with Crippen LogP contribution in [0, 0.1) is 0 Å². The number of nitrogens with one attached hydrogen (secondary N) is 2. The molecule has 1 aromatic rings. The van der Waals surface area contributed by atoms with E-state index in [1.165, 1.54) is 26.0 Å². The van der Waals surface area contributed by atoms with E-state index >= 15 is 0 Å². The lowest BCUT2D eigenvalue weighted by Crippen LogP contribution is -2.26. The summed E-state index contributed by atoms with van der Waals surface area (Å²) >= 11 is 1.97. The molecule has 1 aliphatic carbocycles. The van der Waals surface area contributed by atoms with Gasteiger partial charge in [-0.2, -0.15) is 11.8 Å². The van der Waals surface area contributed by atoms with Gasteiger partial charge in [0.2, 0.25) is 10.0 Å². The van der Waals surface area contributed by atoms with E-state index in [1.807, 2.05) is 11.8 Å². The highest BCUT2D eigenvalue weighted by atomic mass is 32.2. The predicted molar refractivity (Wildman–Crippen MR) is 90.3 cm³/mol. The van der Waals surface area contributed by atoms with Crippen LogP contribution in [-0.4, -0.2) is 32.5 Å². The Morgan fingerprint density at radius 3 is 2.76 bits per heavy atom. The van der Waals surface area contributed by atoms with Crippen LogP contribution in [0.3, 0.4) is 0 Å². The Bertz CT molecular complexity index is 590. The topological polar surface area (TPSA) is 84.2 Å². The largest absolute Gasteiger partial charge is 0.397 e. The lowest BCUT2D eigenvalue weighted by atomic mass is 10.2. The molecule has 1 fully saturated rings. The van der Waals surface area contributed by atoms with Crippen molar-refractivity contribution in [1.29, 1.82) is 0 Å². The zero-order chi connectivity index (χ0) is 15.5. The maximum atomic E-state index is 11.8. The fraction of sp³-hybridized carbons (Fsp3) is 0.571. The third kappa shape index (κ3) is 3.84. The van der Waals surface area contributed by atoms with Gasteiger partial charge in [0.05, 0.1) is 16.3 Å². The molecule has 0 heterocycles. The van der Waals surface area contributed by atoms with Crippen molar-refractivity contribution in [3.05, 3.63) is 18.2 Å². The summed E-state index contributed by atoms with van der Waals surface area (Å²) in [5.41, 5.74) is 7.30. The maximum Gasteiger partial charge on any atom is 0.240 e. The van der Waals surface area contributed by atoms with Crippen molar-refractivity contribution in [3.8, 4) is 0 Å². The van der Waals surface area contributed by atoms with Crippen molar-refractivity contribution in [3.63, 3.8) is 0 Å². The summed E-state index contributed by atoms with van der Waals surface area (Å²) in [4.78, 5) is 0.193. The second-order valence-electron chi connectivity index (χ2n) is 5.13. The lowest BCUT2D eigenvalue weighted by molar-refractivity contribution is 0.588. The van der Waals surface area contributed by atoms with Crippen LogP contribution in [0.15, 0.2) is 23.1 Å². The van der Waals surface area contributed by atoms with E-state index in [0.717, 1.165) is 17.9 Å². The first-order valence-electron chi connectivity index (χ1n) is 7.19. The molecule has 5 nitrogen and oxygen atoms in total. The molecule has 0 saturated heterocycles. The summed E-state index contributed by atoms with van der Waals surface area (Å²) in [6, 6.07) is 5.25. The molecule has 4 N–H and O–H groups in total. The third-order valence-electron chi connectivity index (χ3n) is 3.78. The molecule has 7 heteroatoms. The SMILES string of the molecule is CCSC1CCCC1Nc1ccc(S(=O)(=O)NC)cc1N. The van der Waals surface area contributed by atoms with Crippen LogP contribution >= 0.6 is 11.8 Å². The Hall–Kier alpha value is -0.920. The van der Waals surface area contributed by atoms with Crippen LogP contribution in [0.5, 0.6) is 0 Å². The van der Waals surface area contributed by atoms with Crippen molar-refractivity contribution in [1.82, 2.24) is 4.72 Å². The zero-order valence-corrected chi connectivity index (χ0v) is 14.1. The normalized spacial score (nSPS) is 22.4. The Balaban J connectivity index is 2.15. The summed E-state index contributed by atoms with van der Waals surface area (Å²) in [6.07, 6.45) is 3.58. The Labute approximate surface area is 131 Å². The van der Waals surface area contributed by atoms with Gasteiger partial charge in [-0.15, -0.1) is 0 Å². The summed E-state index contributed by atoms with van der Waals surface area (Å²) < 4.78 is 25.8. The second kappa shape index (κ2) is 6.89. The van der Waals surface area contributed by atoms with Crippen LogP contribution < -0.4 is 15.8 Å². The molecule has 0 amide bonds. The molecule has 1 saturated carbocycles. The molecule has 2 atom stereocenters. The number of benzene rings is 1. The molecular formula is C14H23N3O2S2. The first-order chi connectivity index (χ1) is 9.97. The van der Waals surface area contributed by atoms with E-state index in [-0.39, 0.29) is 4.90 Å². The van der Waals surface area contributed by atoms with Gasteiger partial charge in [-0.05, 0) is 43.8 Å². The highest BCUT2D eigenvalue weighted by Crippen LogP contribution is 2.33. The smallest absolute Gasteiger partial charge is 0.240 e. The first-order valence-corrected chi connectivity index (χ1v) is 9.72. The lowest BCUT2D eigenvalue weighted by Gasteiger charge is -2.22. The van der Waals surface area contributed by atoms with Gasteiger partial charge in [-0.1, -0.05) is 13.3 Å². The highest BCUT2D eigenvalue weighted by Gasteiger charge is 2.27. The molecule has 0 radical (unpaired) electrons. The van der Waals surface area contributed by atoms with Gasteiger partial charge in [0.25, 0.3) is 0 Å². The fourth-order valence-electron chi connectivity index (χ4n) is 2.66. The summed E-state index contributed by atoms with van der Waals surface area (Å²) in [5.74, 6) is 1.11. The number of nitrogens with two attached hydrogens (primary N) is 1. The van der Waals surface area contributed by atoms with E-state index in [4.69, 9.17) is 5.73 Å². The minimum atomic E-state index is -3.45. The van der Waals surface area contributed by atoms with Crippen molar-refractivity contribution in [2.75, 3.05) is 23.9 Å². The van der Waals surface area contributed by atoms with Crippen LogP contribution in [0.1, 0.15) is 26.2 Å². The van der Waals surface area contributed by atoms with Crippen LogP contribution in [0.2, 0.25) is 0 Å². The second-order valence-corrected chi connectivity index (χ2v) is 8.53. The third-order valence-corrected chi connectivity index (χ3v) is 6.51. The molecule has 0 bridgehead atoms. The predicted octanol–water partition coefficient (Wildman–Crippen LogP) is 2.26. The van der Waals surface area contributed by atoms with Crippen LogP contribution in [0.25, 0.3) is 0 Å². The number of anilines is 2. The van der Waals surface area contributed by atoms with Crippen molar-refractivity contribution in [2.24, 2.45) is 0 Å². The number of nitrogen functional groups attached to an aromatic ring is 1. The molecule has 2 rings (SSSR count). The van der Waals surface area contributed by atoms with Gasteiger partial charge in [0.1, 0.15) is 0 Å². The van der Waals surface area contributed by atoms with Gasteiger partial charge < -0.3 is 11.1 Å². The van der Waals surface area contributed by atoms with Crippen LogP contribution in [0.4, 0.5) is 11.4 Å². The van der Waals surface area contributed by atoms with Gasteiger partial charge in [-0.25, -0.2) is 13.1 Å². The number of sulfonamides is 1. The summed E-state index contributed by atoms with van der Waals surface area (Å²) in [7, 11) is -2.05. The van der Waals surface area contributed by atoms with Crippen molar-refractivity contribution >= 4 is 33.2 Å². The first kappa shape index (κ1) is 16.5. The minimum Gasteiger partial charge on any atom is -0.397 e. The maximum absolute atomic E-state index is 11.8. The Morgan fingerprint density at radius 2 is 2.14 bits per heavy atom. The van der Waals surface area contributed by atoms with E-state index in [2.05, 4.69) is 17.0 Å². The molecule has 1 aliphatic rings. The number of rotatable bonds is 6. The summed E-state index contributed by atoms with van der Waals surface area (Å²) in [6.45, 7) is 2.17. The van der Waals surface area contributed by atoms with E-state index < -0.39 is 10.0 Å². The van der Waals surface area contributed by atoms with Gasteiger partial charge in [-0.3, -0.25) is 0 Å². The summed E-state index contributed by atoms with van der Waals surface area (Å²) in [5, 5.41) is 4.09. The molecule has 1 aromatic carbocycles. The Morgan fingerprint density at radius 1 is 1.38 bits per heavy atom. The number of thioether (sulfide) groups is 1. The molecule has 0 spiro atoms. The quantitative estimate of drug-likeness (QED) is 0.697. The molecular weight excluding hydrogens is 306 g/mol. The minimum absolute atomic E-state index is 0.193. The van der Waals surface area contributed by atoms with Crippen molar-refractivity contribution < 1.29 is 8.42 Å². The van der Waals surface area contributed by atoms with E-state index in [1.54, 1.807) is 12.1 Å². The number of hydrogen-bond acceptors (Lipinski definition) is 5. The molecule has 2 unspecified atom stereocenters. The fourth-order valence-corrected chi connectivity index (χ4v) is 4.62. The average Bonchev–Trinajstić information content (AvgIpc) is 2.89. The molecule has 118 valence electrons. The Kier molecular flexibility index (Phi) is 5.40.